The van der Waals surface area contributed by atoms with Crippen LogP contribution in [0.15, 0.2) is 18.2 Å². The first-order chi connectivity index (χ1) is 8.10. The van der Waals surface area contributed by atoms with Crippen molar-refractivity contribution in [2.75, 3.05) is 6.61 Å². The van der Waals surface area contributed by atoms with Crippen LogP contribution in [-0.4, -0.2) is 35.0 Å². The SMILES string of the molecule is O=C([O-])Cc1ccc2c(c1)CC(C(O)CO)O2. The Morgan fingerprint density at radius 3 is 3.00 bits per heavy atom. The standard InChI is InChI=1S/C12H14O5/c13-6-9(14)11-5-8-3-7(4-12(15)16)1-2-10(8)17-11/h1-3,9,11,13-14H,4-6H2,(H,15,16)/p-1. The number of aliphatic hydroxyl groups is 2. The molecule has 0 bridgehead atoms. The van der Waals surface area contributed by atoms with Gasteiger partial charge in [0.05, 0.1) is 6.61 Å². The van der Waals surface area contributed by atoms with Crippen LogP contribution in [0.5, 0.6) is 5.75 Å². The lowest BCUT2D eigenvalue weighted by Gasteiger charge is -2.14. The van der Waals surface area contributed by atoms with Crippen LogP contribution in [-0.2, 0) is 17.6 Å². The first-order valence-corrected chi connectivity index (χ1v) is 5.37. The van der Waals surface area contributed by atoms with Crippen molar-refractivity contribution < 1.29 is 24.9 Å². The molecule has 1 aliphatic heterocycles. The fourth-order valence-corrected chi connectivity index (χ4v) is 1.94. The Morgan fingerprint density at radius 1 is 1.59 bits per heavy atom. The average molecular weight is 237 g/mol. The van der Waals surface area contributed by atoms with Crippen LogP contribution in [0.3, 0.4) is 0 Å². The minimum atomic E-state index is -1.13. The number of aliphatic hydroxyl groups excluding tert-OH is 2. The lowest BCUT2D eigenvalue weighted by atomic mass is 10.0. The Kier molecular flexibility index (Phi) is 3.31. The Labute approximate surface area is 98.3 Å². The number of hydrogen-bond acceptors (Lipinski definition) is 5. The average Bonchev–Trinajstić information content (AvgIpc) is 2.70. The molecule has 1 heterocycles. The summed E-state index contributed by atoms with van der Waals surface area (Å²) in [5.74, 6) is -0.500. The van der Waals surface area contributed by atoms with Gasteiger partial charge in [0.25, 0.3) is 0 Å². The molecular formula is C12H13O5-. The number of carbonyl (C=O) groups excluding carboxylic acids is 1. The number of benzene rings is 1. The van der Waals surface area contributed by atoms with Gasteiger partial charge >= 0.3 is 0 Å². The number of rotatable bonds is 4. The van der Waals surface area contributed by atoms with Crippen LogP contribution in [0.4, 0.5) is 0 Å². The Balaban J connectivity index is 2.13. The first kappa shape index (κ1) is 11.9. The van der Waals surface area contributed by atoms with E-state index in [9.17, 15) is 15.0 Å². The molecule has 0 spiro atoms. The van der Waals surface area contributed by atoms with Crippen LogP contribution in [0.2, 0.25) is 0 Å². The van der Waals surface area contributed by atoms with Gasteiger partial charge in [0.2, 0.25) is 0 Å². The molecule has 2 unspecified atom stereocenters. The van der Waals surface area contributed by atoms with E-state index in [1.165, 1.54) is 0 Å². The van der Waals surface area contributed by atoms with E-state index in [0.717, 1.165) is 5.56 Å². The summed E-state index contributed by atoms with van der Waals surface area (Å²) in [4.78, 5) is 10.5. The van der Waals surface area contributed by atoms with Crippen molar-refractivity contribution in [3.8, 4) is 5.75 Å². The predicted molar refractivity (Wildman–Crippen MR) is 56.4 cm³/mol. The van der Waals surface area contributed by atoms with Crippen molar-refractivity contribution >= 4 is 5.97 Å². The van der Waals surface area contributed by atoms with Gasteiger partial charge in [-0.25, -0.2) is 0 Å². The molecule has 1 aromatic rings. The minimum Gasteiger partial charge on any atom is -0.550 e. The maximum absolute atomic E-state index is 10.5. The smallest absolute Gasteiger partial charge is 0.131 e. The molecule has 2 atom stereocenters. The molecule has 17 heavy (non-hydrogen) atoms. The van der Waals surface area contributed by atoms with E-state index in [4.69, 9.17) is 9.84 Å². The number of carboxylic acid groups (broad SMARTS) is 1. The number of carboxylic acids is 1. The third-order valence-corrected chi connectivity index (χ3v) is 2.79. The number of carbonyl (C=O) groups is 1. The van der Waals surface area contributed by atoms with E-state index in [1.807, 2.05) is 0 Å². The fourth-order valence-electron chi connectivity index (χ4n) is 1.94. The quantitative estimate of drug-likeness (QED) is 0.674. The monoisotopic (exact) mass is 237 g/mol. The summed E-state index contributed by atoms with van der Waals surface area (Å²) in [5.41, 5.74) is 1.49. The third-order valence-electron chi connectivity index (χ3n) is 2.79. The topological polar surface area (TPSA) is 89.8 Å². The van der Waals surface area contributed by atoms with Gasteiger partial charge in [-0.1, -0.05) is 12.1 Å². The van der Waals surface area contributed by atoms with Crippen molar-refractivity contribution in [3.63, 3.8) is 0 Å². The second-order valence-corrected chi connectivity index (χ2v) is 4.10. The third kappa shape index (κ3) is 2.57. The van der Waals surface area contributed by atoms with Crippen molar-refractivity contribution in [2.24, 2.45) is 0 Å². The molecule has 0 radical (unpaired) electrons. The highest BCUT2D eigenvalue weighted by Gasteiger charge is 2.28. The predicted octanol–water partition coefficient (Wildman–Crippen LogP) is -1.36. The molecule has 1 aromatic carbocycles. The Bertz CT molecular complexity index is 429. The molecule has 0 saturated heterocycles. The zero-order chi connectivity index (χ0) is 12.4. The largest absolute Gasteiger partial charge is 0.550 e. The highest BCUT2D eigenvalue weighted by Crippen LogP contribution is 2.30. The minimum absolute atomic E-state index is 0.138. The molecule has 1 aliphatic rings. The van der Waals surface area contributed by atoms with Gasteiger partial charge in [0, 0.05) is 18.8 Å². The van der Waals surface area contributed by atoms with E-state index in [-0.39, 0.29) is 13.0 Å². The lowest BCUT2D eigenvalue weighted by Crippen LogP contribution is -2.32. The van der Waals surface area contributed by atoms with E-state index >= 15 is 0 Å². The molecule has 92 valence electrons. The molecule has 0 aromatic heterocycles. The Morgan fingerprint density at radius 2 is 2.35 bits per heavy atom. The number of ether oxygens (including phenoxy) is 1. The van der Waals surface area contributed by atoms with E-state index in [0.29, 0.717) is 17.7 Å². The summed E-state index contributed by atoms with van der Waals surface area (Å²) in [6.07, 6.45) is -1.06. The molecule has 5 nitrogen and oxygen atoms in total. The van der Waals surface area contributed by atoms with Crippen molar-refractivity contribution in [2.45, 2.75) is 25.0 Å². The molecule has 0 amide bonds. The summed E-state index contributed by atoms with van der Waals surface area (Å²) in [6, 6.07) is 5.06. The van der Waals surface area contributed by atoms with Gasteiger partial charge in [-0.05, 0) is 17.2 Å². The zero-order valence-electron chi connectivity index (χ0n) is 9.13. The van der Waals surface area contributed by atoms with Crippen molar-refractivity contribution in [1.82, 2.24) is 0 Å². The maximum Gasteiger partial charge on any atom is 0.131 e. The first-order valence-electron chi connectivity index (χ1n) is 5.37. The molecule has 2 rings (SSSR count). The van der Waals surface area contributed by atoms with Crippen LogP contribution in [0.25, 0.3) is 0 Å². The zero-order valence-corrected chi connectivity index (χ0v) is 9.13. The van der Waals surface area contributed by atoms with Gasteiger partial charge in [-0.2, -0.15) is 0 Å². The second kappa shape index (κ2) is 4.73. The highest BCUT2D eigenvalue weighted by atomic mass is 16.5. The van der Waals surface area contributed by atoms with Crippen LogP contribution in [0, 0.1) is 0 Å². The highest BCUT2D eigenvalue weighted by molar-refractivity contribution is 5.68. The van der Waals surface area contributed by atoms with Gasteiger partial charge in [0.1, 0.15) is 18.0 Å². The van der Waals surface area contributed by atoms with Crippen LogP contribution in [0.1, 0.15) is 11.1 Å². The summed E-state index contributed by atoms with van der Waals surface area (Å²) in [6.45, 7) is -0.357. The fraction of sp³-hybridized carbons (Fsp3) is 0.417. The summed E-state index contributed by atoms with van der Waals surface area (Å²) in [7, 11) is 0. The molecule has 0 aliphatic carbocycles. The molecule has 0 fully saturated rings. The lowest BCUT2D eigenvalue weighted by molar-refractivity contribution is -0.304. The summed E-state index contributed by atoms with van der Waals surface area (Å²) in [5, 5.41) is 28.8. The van der Waals surface area contributed by atoms with E-state index in [2.05, 4.69) is 0 Å². The van der Waals surface area contributed by atoms with Crippen molar-refractivity contribution in [1.29, 1.82) is 0 Å². The second-order valence-electron chi connectivity index (χ2n) is 4.10. The number of hydrogen-bond donors (Lipinski definition) is 2. The molecular weight excluding hydrogens is 224 g/mol. The van der Waals surface area contributed by atoms with Crippen LogP contribution < -0.4 is 9.84 Å². The molecule has 2 N–H and O–H groups in total. The number of fused-ring (bicyclic) bond motifs is 1. The summed E-state index contributed by atoms with van der Waals surface area (Å²) >= 11 is 0. The number of aliphatic carboxylic acids is 1. The summed E-state index contributed by atoms with van der Waals surface area (Å²) < 4.78 is 5.45. The Hall–Kier alpha value is -1.59. The van der Waals surface area contributed by atoms with Crippen molar-refractivity contribution in [3.05, 3.63) is 29.3 Å². The van der Waals surface area contributed by atoms with Gasteiger partial charge in [-0.15, -0.1) is 0 Å². The van der Waals surface area contributed by atoms with E-state index in [1.54, 1.807) is 18.2 Å². The van der Waals surface area contributed by atoms with Gasteiger partial charge < -0.3 is 24.9 Å². The molecule has 5 heteroatoms. The molecule has 0 saturated carbocycles. The maximum atomic E-state index is 10.5. The normalized spacial score (nSPS) is 19.5. The van der Waals surface area contributed by atoms with Crippen LogP contribution >= 0.6 is 0 Å². The van der Waals surface area contributed by atoms with E-state index < -0.39 is 18.2 Å². The van der Waals surface area contributed by atoms with Gasteiger partial charge in [-0.3, -0.25) is 0 Å². The van der Waals surface area contributed by atoms with Gasteiger partial charge in [0.15, 0.2) is 0 Å².